The van der Waals surface area contributed by atoms with Gasteiger partial charge in [-0.25, -0.2) is 9.97 Å². The Labute approximate surface area is 221 Å². The SMILES string of the molecule is c1cc(-c2c[nH]c([C@@H]3C[C@@H]4C[C@@H]4N3)n2)ccc1-c1ccc2cc(-c3c[nH]c([C@@H]4C[C@H]5C[C@@H]5N4)n3)ccc2c1. The largest absolute Gasteiger partial charge is 0.347 e. The van der Waals surface area contributed by atoms with E-state index in [2.05, 4.69) is 81.3 Å². The predicted molar refractivity (Wildman–Crippen MR) is 149 cm³/mol. The van der Waals surface area contributed by atoms with Crippen LogP contribution in [0.5, 0.6) is 0 Å². The van der Waals surface area contributed by atoms with E-state index in [-0.39, 0.29) is 0 Å². The molecule has 2 saturated heterocycles. The molecule has 2 saturated carbocycles. The lowest BCUT2D eigenvalue weighted by Crippen LogP contribution is -2.18. The molecule has 0 bridgehead atoms. The summed E-state index contributed by atoms with van der Waals surface area (Å²) >= 11 is 0. The normalized spacial score (nSPS) is 28.9. The van der Waals surface area contributed by atoms with Gasteiger partial charge in [0.1, 0.15) is 11.6 Å². The van der Waals surface area contributed by atoms with Crippen LogP contribution >= 0.6 is 0 Å². The summed E-state index contributed by atoms with van der Waals surface area (Å²) < 4.78 is 0. The number of hydrogen-bond acceptors (Lipinski definition) is 4. The molecule has 5 aromatic rings. The van der Waals surface area contributed by atoms with Gasteiger partial charge in [-0.2, -0.15) is 0 Å². The van der Waals surface area contributed by atoms with E-state index in [9.17, 15) is 0 Å². The van der Waals surface area contributed by atoms with Gasteiger partial charge in [0, 0.05) is 35.6 Å². The second-order valence-electron chi connectivity index (χ2n) is 11.8. The monoisotopic (exact) mass is 498 g/mol. The van der Waals surface area contributed by atoms with E-state index >= 15 is 0 Å². The third-order valence-corrected chi connectivity index (χ3v) is 9.26. The summed E-state index contributed by atoms with van der Waals surface area (Å²) in [5.74, 6) is 3.87. The van der Waals surface area contributed by atoms with Crippen LogP contribution in [0.1, 0.15) is 49.4 Å². The molecule has 4 N–H and O–H groups in total. The summed E-state index contributed by atoms with van der Waals surface area (Å²) in [5, 5.41) is 9.84. The number of imidazole rings is 2. The molecule has 9 rings (SSSR count). The van der Waals surface area contributed by atoms with Crippen molar-refractivity contribution >= 4 is 10.8 Å². The van der Waals surface area contributed by atoms with E-state index in [1.54, 1.807) is 0 Å². The lowest BCUT2D eigenvalue weighted by Gasteiger charge is -2.09. The van der Waals surface area contributed by atoms with Crippen LogP contribution in [0.3, 0.4) is 0 Å². The highest BCUT2D eigenvalue weighted by molar-refractivity contribution is 5.90. The summed E-state index contributed by atoms with van der Waals surface area (Å²) in [6.45, 7) is 0. The second-order valence-corrected chi connectivity index (χ2v) is 11.8. The molecule has 0 radical (unpaired) electrons. The Morgan fingerprint density at radius 2 is 1.03 bits per heavy atom. The molecule has 0 amide bonds. The van der Waals surface area contributed by atoms with E-state index in [4.69, 9.17) is 9.97 Å². The number of nitrogens with one attached hydrogen (secondary N) is 4. The Bertz CT molecular complexity index is 1660. The summed E-state index contributed by atoms with van der Waals surface area (Å²) in [6, 6.07) is 24.4. The first kappa shape index (κ1) is 21.2. The Balaban J connectivity index is 0.938. The molecule has 3 aromatic carbocycles. The maximum absolute atomic E-state index is 4.92. The van der Waals surface area contributed by atoms with Crippen LogP contribution in [-0.4, -0.2) is 32.0 Å². The van der Waals surface area contributed by atoms with Crippen molar-refractivity contribution in [2.24, 2.45) is 11.8 Å². The minimum atomic E-state index is 0.381. The van der Waals surface area contributed by atoms with Crippen molar-refractivity contribution in [3.63, 3.8) is 0 Å². The summed E-state index contributed by atoms with van der Waals surface area (Å²) in [5.41, 5.74) is 6.78. The zero-order chi connectivity index (χ0) is 24.8. The maximum Gasteiger partial charge on any atom is 0.124 e. The van der Waals surface area contributed by atoms with Crippen molar-refractivity contribution in [1.29, 1.82) is 0 Å². The Morgan fingerprint density at radius 1 is 0.526 bits per heavy atom. The first-order chi connectivity index (χ1) is 18.7. The fourth-order valence-corrected chi connectivity index (χ4v) is 6.81. The van der Waals surface area contributed by atoms with Crippen molar-refractivity contribution in [2.75, 3.05) is 0 Å². The summed E-state index contributed by atoms with van der Waals surface area (Å²) in [4.78, 5) is 16.6. The van der Waals surface area contributed by atoms with Crippen molar-refractivity contribution < 1.29 is 0 Å². The van der Waals surface area contributed by atoms with Crippen molar-refractivity contribution in [1.82, 2.24) is 30.6 Å². The van der Waals surface area contributed by atoms with Gasteiger partial charge in [-0.3, -0.25) is 0 Å². The number of aromatic nitrogens is 4. The molecule has 2 aliphatic heterocycles. The number of aromatic amines is 2. The molecule has 6 heteroatoms. The molecule has 2 aliphatic carbocycles. The lowest BCUT2D eigenvalue weighted by molar-refractivity contribution is 0.543. The van der Waals surface area contributed by atoms with Crippen LogP contribution in [-0.2, 0) is 0 Å². The first-order valence-electron chi connectivity index (χ1n) is 14.0. The van der Waals surface area contributed by atoms with Crippen LogP contribution < -0.4 is 10.6 Å². The second kappa shape index (κ2) is 7.88. The number of hydrogen-bond donors (Lipinski definition) is 4. The van der Waals surface area contributed by atoms with Crippen molar-refractivity contribution in [2.45, 2.75) is 49.9 Å². The zero-order valence-electron chi connectivity index (χ0n) is 21.1. The van der Waals surface area contributed by atoms with Crippen LogP contribution in [0.25, 0.3) is 44.4 Å². The minimum Gasteiger partial charge on any atom is -0.347 e. The molecular weight excluding hydrogens is 468 g/mol. The predicted octanol–water partition coefficient (Wildman–Crippen LogP) is 6.13. The van der Waals surface area contributed by atoms with E-state index < -0.39 is 0 Å². The molecule has 4 fully saturated rings. The summed E-state index contributed by atoms with van der Waals surface area (Å²) in [7, 11) is 0. The number of benzene rings is 3. The fraction of sp³-hybridized carbons (Fsp3) is 0.312. The van der Waals surface area contributed by atoms with Gasteiger partial charge in [0.15, 0.2) is 0 Å². The number of fused-ring (bicyclic) bond motifs is 3. The molecular formula is C32H30N6. The molecule has 4 aliphatic rings. The topological polar surface area (TPSA) is 81.4 Å². The van der Waals surface area contributed by atoms with E-state index in [0.717, 1.165) is 58.1 Å². The third kappa shape index (κ3) is 3.55. The van der Waals surface area contributed by atoms with E-state index in [1.807, 2.05) is 12.4 Å². The number of nitrogens with zero attached hydrogens (tertiary/aromatic N) is 2. The molecule has 38 heavy (non-hydrogen) atoms. The van der Waals surface area contributed by atoms with Gasteiger partial charge in [0.05, 0.1) is 23.5 Å². The van der Waals surface area contributed by atoms with Gasteiger partial charge < -0.3 is 20.6 Å². The quantitative estimate of drug-likeness (QED) is 0.235. The van der Waals surface area contributed by atoms with Crippen molar-refractivity contribution in [3.8, 4) is 33.6 Å². The molecule has 6 atom stereocenters. The van der Waals surface area contributed by atoms with Gasteiger partial charge in [-0.1, -0.05) is 48.5 Å². The molecule has 0 spiro atoms. The third-order valence-electron chi connectivity index (χ3n) is 9.26. The van der Waals surface area contributed by atoms with Gasteiger partial charge in [0.2, 0.25) is 0 Å². The molecule has 2 aromatic heterocycles. The van der Waals surface area contributed by atoms with Gasteiger partial charge >= 0.3 is 0 Å². The highest BCUT2D eigenvalue weighted by Gasteiger charge is 2.47. The molecule has 4 heterocycles. The minimum absolute atomic E-state index is 0.381. The van der Waals surface area contributed by atoms with Crippen molar-refractivity contribution in [3.05, 3.63) is 84.7 Å². The van der Waals surface area contributed by atoms with Gasteiger partial charge in [0.25, 0.3) is 0 Å². The molecule has 6 nitrogen and oxygen atoms in total. The average Bonchev–Trinajstić information content (AvgIpc) is 3.52. The highest BCUT2D eigenvalue weighted by Crippen LogP contribution is 2.46. The first-order valence-corrected chi connectivity index (χ1v) is 14.0. The average molecular weight is 499 g/mol. The standard InChI is InChI=1S/C32H30N6/c1-3-18(29-15-33-31(37-29)27-13-23-11-25(23)35-27)4-2-17(1)19-5-6-21-10-22(8-7-20(21)9-19)30-16-34-32(38-30)28-14-24-12-26(24)36-28/h1-10,15-16,23-28,35-36H,11-14H2,(H,33,37)(H,34,38)/t23-,24+,25-,26-,27-,28-/m0/s1. The number of H-pyrrole nitrogens is 2. The lowest BCUT2D eigenvalue weighted by atomic mass is 9.98. The summed E-state index contributed by atoms with van der Waals surface area (Å²) in [6.07, 6.45) is 9.18. The molecule has 0 unspecified atom stereocenters. The highest BCUT2D eigenvalue weighted by atomic mass is 15.1. The van der Waals surface area contributed by atoms with E-state index in [0.29, 0.717) is 12.1 Å². The fourth-order valence-electron chi connectivity index (χ4n) is 6.81. The van der Waals surface area contributed by atoms with Crippen LogP contribution in [0, 0.1) is 11.8 Å². The maximum atomic E-state index is 4.92. The number of rotatable bonds is 5. The Kier molecular flexibility index (Phi) is 4.40. The van der Waals surface area contributed by atoms with Crippen LogP contribution in [0.2, 0.25) is 0 Å². The smallest absolute Gasteiger partial charge is 0.124 e. The zero-order valence-corrected chi connectivity index (χ0v) is 21.1. The number of piperidine rings is 2. The van der Waals surface area contributed by atoms with E-state index in [1.165, 1.54) is 47.6 Å². The van der Waals surface area contributed by atoms with Crippen LogP contribution in [0.15, 0.2) is 73.1 Å². The molecule has 188 valence electrons. The van der Waals surface area contributed by atoms with Gasteiger partial charge in [-0.15, -0.1) is 0 Å². The Morgan fingerprint density at radius 3 is 1.61 bits per heavy atom. The van der Waals surface area contributed by atoms with Gasteiger partial charge in [-0.05, 0) is 71.6 Å². The Hall–Kier alpha value is -3.74. The van der Waals surface area contributed by atoms with Crippen LogP contribution in [0.4, 0.5) is 0 Å².